The van der Waals surface area contributed by atoms with Gasteiger partial charge in [0.1, 0.15) is 18.1 Å². The fourth-order valence-corrected chi connectivity index (χ4v) is 3.00. The van der Waals surface area contributed by atoms with Crippen molar-refractivity contribution < 1.29 is 27.1 Å². The first-order chi connectivity index (χ1) is 15.0. The molecule has 4 aromatic rings. The third-order valence-corrected chi connectivity index (χ3v) is 4.45. The van der Waals surface area contributed by atoms with Gasteiger partial charge >= 0.3 is 12.1 Å². The van der Waals surface area contributed by atoms with Crippen LogP contribution in [-0.4, -0.2) is 17.1 Å². The summed E-state index contributed by atoms with van der Waals surface area (Å²) in [6, 6.07) is 19.4. The molecule has 0 atom stereocenters. The molecule has 0 aliphatic rings. The zero-order valence-corrected chi connectivity index (χ0v) is 16.4. The van der Waals surface area contributed by atoms with Crippen LogP contribution in [0.3, 0.4) is 0 Å². The smallest absolute Gasteiger partial charge is 0.468 e. The molecular weight excluding hydrogens is 409 g/mol. The Morgan fingerprint density at radius 1 is 0.935 bits per heavy atom. The number of benzene rings is 2. The van der Waals surface area contributed by atoms with E-state index in [0.717, 1.165) is 5.56 Å². The predicted octanol–water partition coefficient (Wildman–Crippen LogP) is 6.01. The predicted molar refractivity (Wildman–Crippen MR) is 107 cm³/mol. The van der Waals surface area contributed by atoms with Gasteiger partial charge in [-0.3, -0.25) is 0 Å². The SMILES string of the molecule is COc1ncccc1-c1nc(C(F)(F)F)oc1-c1ccc(OCc2ccccc2)cc1. The number of methoxy groups -OCH3 is 1. The van der Waals surface area contributed by atoms with E-state index in [1.54, 1.807) is 36.4 Å². The van der Waals surface area contributed by atoms with Crippen LogP contribution in [0.25, 0.3) is 22.6 Å². The number of halogens is 3. The Balaban J connectivity index is 1.67. The molecule has 0 unspecified atom stereocenters. The molecule has 0 bridgehead atoms. The second-order valence-corrected chi connectivity index (χ2v) is 6.55. The van der Waals surface area contributed by atoms with E-state index < -0.39 is 12.1 Å². The molecule has 0 saturated carbocycles. The summed E-state index contributed by atoms with van der Waals surface area (Å²) < 4.78 is 55.9. The van der Waals surface area contributed by atoms with Gasteiger partial charge in [-0.05, 0) is 42.0 Å². The highest BCUT2D eigenvalue weighted by Gasteiger charge is 2.39. The van der Waals surface area contributed by atoms with Crippen molar-refractivity contribution in [3.05, 3.63) is 84.4 Å². The molecule has 0 aliphatic carbocycles. The lowest BCUT2D eigenvalue weighted by molar-refractivity contribution is -0.156. The summed E-state index contributed by atoms with van der Waals surface area (Å²) in [6.07, 6.45) is -3.26. The summed E-state index contributed by atoms with van der Waals surface area (Å²) in [5.41, 5.74) is 1.71. The Bertz CT molecular complexity index is 1160. The van der Waals surface area contributed by atoms with Crippen molar-refractivity contribution in [2.75, 3.05) is 7.11 Å². The van der Waals surface area contributed by atoms with E-state index in [-0.39, 0.29) is 17.3 Å². The molecule has 8 heteroatoms. The maximum atomic E-state index is 13.3. The van der Waals surface area contributed by atoms with Crippen molar-refractivity contribution in [3.63, 3.8) is 0 Å². The van der Waals surface area contributed by atoms with E-state index in [1.165, 1.54) is 13.3 Å². The zero-order valence-electron chi connectivity index (χ0n) is 16.4. The van der Waals surface area contributed by atoms with Crippen LogP contribution in [0.4, 0.5) is 13.2 Å². The number of hydrogen-bond acceptors (Lipinski definition) is 5. The molecule has 4 rings (SSSR count). The van der Waals surface area contributed by atoms with Gasteiger partial charge in [0.05, 0.1) is 12.7 Å². The van der Waals surface area contributed by atoms with Crippen LogP contribution in [0, 0.1) is 0 Å². The number of hydrogen-bond donors (Lipinski definition) is 0. The zero-order chi connectivity index (χ0) is 21.8. The number of alkyl halides is 3. The largest absolute Gasteiger partial charge is 0.489 e. The van der Waals surface area contributed by atoms with E-state index in [4.69, 9.17) is 13.9 Å². The van der Waals surface area contributed by atoms with E-state index >= 15 is 0 Å². The molecule has 31 heavy (non-hydrogen) atoms. The third-order valence-electron chi connectivity index (χ3n) is 4.45. The molecule has 2 aromatic carbocycles. The first kappa shape index (κ1) is 20.5. The Labute approximate surface area is 176 Å². The van der Waals surface area contributed by atoms with E-state index in [9.17, 15) is 13.2 Å². The minimum Gasteiger partial charge on any atom is -0.489 e. The van der Waals surface area contributed by atoms with Crippen molar-refractivity contribution in [1.29, 1.82) is 0 Å². The van der Waals surface area contributed by atoms with Crippen molar-refractivity contribution in [1.82, 2.24) is 9.97 Å². The molecule has 0 aliphatic heterocycles. The van der Waals surface area contributed by atoms with E-state index in [0.29, 0.717) is 23.5 Å². The summed E-state index contributed by atoms with van der Waals surface area (Å²) in [7, 11) is 1.38. The van der Waals surface area contributed by atoms with Gasteiger partial charge in [0.25, 0.3) is 0 Å². The number of oxazole rings is 1. The highest BCUT2D eigenvalue weighted by molar-refractivity contribution is 5.79. The van der Waals surface area contributed by atoms with Crippen LogP contribution in [0.1, 0.15) is 11.5 Å². The van der Waals surface area contributed by atoms with Crippen LogP contribution in [0.2, 0.25) is 0 Å². The van der Waals surface area contributed by atoms with Crippen molar-refractivity contribution in [2.45, 2.75) is 12.8 Å². The molecular formula is C23H17F3N2O3. The molecule has 2 aromatic heterocycles. The van der Waals surface area contributed by atoms with Gasteiger partial charge in [-0.2, -0.15) is 13.2 Å². The fraction of sp³-hybridized carbons (Fsp3) is 0.130. The van der Waals surface area contributed by atoms with Gasteiger partial charge in [0, 0.05) is 11.8 Å². The summed E-state index contributed by atoms with van der Waals surface area (Å²) in [5, 5.41) is 0. The van der Waals surface area contributed by atoms with Crippen molar-refractivity contribution >= 4 is 0 Å². The molecule has 0 fully saturated rings. The van der Waals surface area contributed by atoms with Crippen LogP contribution >= 0.6 is 0 Å². The lowest BCUT2D eigenvalue weighted by atomic mass is 10.1. The molecule has 0 saturated heterocycles. The Morgan fingerprint density at radius 3 is 2.35 bits per heavy atom. The van der Waals surface area contributed by atoms with E-state index in [2.05, 4.69) is 9.97 Å². The number of rotatable bonds is 6. The van der Waals surface area contributed by atoms with Crippen molar-refractivity contribution in [3.8, 4) is 34.2 Å². The van der Waals surface area contributed by atoms with E-state index in [1.807, 2.05) is 30.3 Å². The second kappa shape index (κ2) is 8.51. The Hall–Kier alpha value is -3.81. The molecule has 0 radical (unpaired) electrons. The van der Waals surface area contributed by atoms with Gasteiger partial charge in [0.15, 0.2) is 5.76 Å². The summed E-state index contributed by atoms with van der Waals surface area (Å²) in [4.78, 5) is 7.73. The Kier molecular flexibility index (Phi) is 5.62. The monoisotopic (exact) mass is 426 g/mol. The maximum Gasteiger partial charge on any atom is 0.468 e. The fourth-order valence-electron chi connectivity index (χ4n) is 3.00. The minimum absolute atomic E-state index is 0.00442. The quantitative estimate of drug-likeness (QED) is 0.378. The summed E-state index contributed by atoms with van der Waals surface area (Å²) >= 11 is 0. The lowest BCUT2D eigenvalue weighted by Crippen LogP contribution is -2.04. The Morgan fingerprint density at radius 2 is 1.68 bits per heavy atom. The summed E-state index contributed by atoms with van der Waals surface area (Å²) in [5.74, 6) is -0.654. The highest BCUT2D eigenvalue weighted by Crippen LogP contribution is 2.40. The molecule has 5 nitrogen and oxygen atoms in total. The van der Waals surface area contributed by atoms with Gasteiger partial charge in [-0.25, -0.2) is 9.97 Å². The second-order valence-electron chi connectivity index (χ2n) is 6.55. The summed E-state index contributed by atoms with van der Waals surface area (Å²) in [6.45, 7) is 0.374. The van der Waals surface area contributed by atoms with Crippen molar-refractivity contribution in [2.24, 2.45) is 0 Å². The number of pyridine rings is 1. The average Bonchev–Trinajstić information content (AvgIpc) is 3.25. The molecule has 0 spiro atoms. The normalized spacial score (nSPS) is 11.4. The lowest BCUT2D eigenvalue weighted by Gasteiger charge is -2.08. The molecule has 0 N–H and O–H groups in total. The first-order valence-electron chi connectivity index (χ1n) is 9.30. The van der Waals surface area contributed by atoms with Gasteiger partial charge in [0.2, 0.25) is 5.88 Å². The third kappa shape index (κ3) is 4.53. The van der Waals surface area contributed by atoms with Crippen LogP contribution < -0.4 is 9.47 Å². The van der Waals surface area contributed by atoms with Gasteiger partial charge in [-0.15, -0.1) is 0 Å². The van der Waals surface area contributed by atoms with Crippen LogP contribution in [0.15, 0.2) is 77.3 Å². The molecule has 2 heterocycles. The van der Waals surface area contributed by atoms with Gasteiger partial charge < -0.3 is 13.9 Å². The molecule has 158 valence electrons. The number of ether oxygens (including phenoxy) is 2. The first-order valence-corrected chi connectivity index (χ1v) is 9.30. The van der Waals surface area contributed by atoms with Gasteiger partial charge in [-0.1, -0.05) is 30.3 Å². The standard InChI is InChI=1S/C23H17F3N2O3/c1-29-21-18(8-5-13-27-21)19-20(31-22(28-19)23(24,25)26)16-9-11-17(12-10-16)30-14-15-6-3-2-4-7-15/h2-13H,14H2,1H3. The number of nitrogens with zero attached hydrogens (tertiary/aromatic N) is 2. The topological polar surface area (TPSA) is 57.4 Å². The maximum absolute atomic E-state index is 13.3. The number of aromatic nitrogens is 2. The minimum atomic E-state index is -4.73. The van der Waals surface area contributed by atoms with Crippen LogP contribution in [0.5, 0.6) is 11.6 Å². The molecule has 0 amide bonds. The average molecular weight is 426 g/mol. The van der Waals surface area contributed by atoms with Crippen LogP contribution in [-0.2, 0) is 12.8 Å². The highest BCUT2D eigenvalue weighted by atomic mass is 19.4.